The standard InChI is InChI=1S/C11H17NO3/c1-2-15-7-8-3-4-11(14)9(5-8)10(12)6-13/h3-5,10,13-14H,2,6-7,12H2,1H3. The number of aliphatic hydroxyl groups excluding tert-OH is 1. The fraction of sp³-hybridized carbons (Fsp3) is 0.455. The summed E-state index contributed by atoms with van der Waals surface area (Å²) in [6, 6.07) is 4.55. The van der Waals surface area contributed by atoms with Gasteiger partial charge in [-0.2, -0.15) is 0 Å². The van der Waals surface area contributed by atoms with Gasteiger partial charge in [-0.3, -0.25) is 0 Å². The first-order chi connectivity index (χ1) is 7.19. The van der Waals surface area contributed by atoms with Crippen molar-refractivity contribution < 1.29 is 14.9 Å². The zero-order valence-electron chi connectivity index (χ0n) is 8.81. The number of hydrogen-bond donors (Lipinski definition) is 3. The van der Waals surface area contributed by atoms with E-state index < -0.39 is 6.04 Å². The molecule has 0 aliphatic heterocycles. The van der Waals surface area contributed by atoms with E-state index in [1.165, 1.54) is 0 Å². The van der Waals surface area contributed by atoms with E-state index in [1.807, 2.05) is 6.92 Å². The minimum Gasteiger partial charge on any atom is -0.508 e. The maximum atomic E-state index is 9.53. The van der Waals surface area contributed by atoms with Crippen LogP contribution in [0.3, 0.4) is 0 Å². The van der Waals surface area contributed by atoms with Crippen LogP contribution in [0.4, 0.5) is 0 Å². The van der Waals surface area contributed by atoms with Crippen LogP contribution in [-0.4, -0.2) is 23.4 Å². The lowest BCUT2D eigenvalue weighted by Crippen LogP contribution is -2.15. The molecule has 84 valence electrons. The smallest absolute Gasteiger partial charge is 0.120 e. The molecule has 0 amide bonds. The molecule has 0 radical (unpaired) electrons. The number of aliphatic hydroxyl groups is 1. The van der Waals surface area contributed by atoms with Gasteiger partial charge in [0.15, 0.2) is 0 Å². The van der Waals surface area contributed by atoms with E-state index in [-0.39, 0.29) is 12.4 Å². The van der Waals surface area contributed by atoms with Crippen LogP contribution in [-0.2, 0) is 11.3 Å². The second kappa shape index (κ2) is 5.70. The average molecular weight is 211 g/mol. The largest absolute Gasteiger partial charge is 0.508 e. The number of ether oxygens (including phenoxy) is 1. The van der Waals surface area contributed by atoms with E-state index in [2.05, 4.69) is 0 Å². The molecule has 0 fully saturated rings. The van der Waals surface area contributed by atoms with Gasteiger partial charge in [0.1, 0.15) is 5.75 Å². The highest BCUT2D eigenvalue weighted by molar-refractivity contribution is 5.38. The molecule has 0 aliphatic rings. The molecule has 4 nitrogen and oxygen atoms in total. The molecule has 1 aromatic rings. The monoisotopic (exact) mass is 211 g/mol. The summed E-state index contributed by atoms with van der Waals surface area (Å²) in [7, 11) is 0. The summed E-state index contributed by atoms with van der Waals surface area (Å²) >= 11 is 0. The molecular formula is C11H17NO3. The van der Waals surface area contributed by atoms with Crippen molar-refractivity contribution >= 4 is 0 Å². The molecule has 15 heavy (non-hydrogen) atoms. The number of aromatic hydroxyl groups is 1. The van der Waals surface area contributed by atoms with Crippen molar-refractivity contribution in [2.45, 2.75) is 19.6 Å². The van der Waals surface area contributed by atoms with Crippen molar-refractivity contribution in [1.82, 2.24) is 0 Å². The molecule has 4 N–H and O–H groups in total. The van der Waals surface area contributed by atoms with E-state index in [0.29, 0.717) is 18.8 Å². The summed E-state index contributed by atoms with van der Waals surface area (Å²) in [5, 5.41) is 18.4. The highest BCUT2D eigenvalue weighted by atomic mass is 16.5. The Morgan fingerprint density at radius 1 is 1.47 bits per heavy atom. The van der Waals surface area contributed by atoms with E-state index in [9.17, 15) is 5.11 Å². The first-order valence-electron chi connectivity index (χ1n) is 4.95. The molecule has 1 aromatic carbocycles. The molecule has 1 rings (SSSR count). The first kappa shape index (κ1) is 12.0. The Labute approximate surface area is 89.3 Å². The Balaban J connectivity index is 2.84. The van der Waals surface area contributed by atoms with Crippen molar-refractivity contribution in [2.24, 2.45) is 5.73 Å². The van der Waals surface area contributed by atoms with E-state index >= 15 is 0 Å². The lowest BCUT2D eigenvalue weighted by molar-refractivity contribution is 0.134. The van der Waals surface area contributed by atoms with Crippen LogP contribution in [0.5, 0.6) is 5.75 Å². The van der Waals surface area contributed by atoms with Crippen LogP contribution in [0, 0.1) is 0 Å². The Bertz CT molecular complexity index is 315. The third kappa shape index (κ3) is 3.20. The fourth-order valence-corrected chi connectivity index (χ4v) is 1.31. The summed E-state index contributed by atoms with van der Waals surface area (Å²) in [4.78, 5) is 0. The number of nitrogens with two attached hydrogens (primary N) is 1. The second-order valence-corrected chi connectivity index (χ2v) is 3.32. The van der Waals surface area contributed by atoms with Gasteiger partial charge in [-0.05, 0) is 24.6 Å². The Kier molecular flexibility index (Phi) is 4.55. The molecule has 0 saturated carbocycles. The quantitative estimate of drug-likeness (QED) is 0.677. The Morgan fingerprint density at radius 2 is 2.20 bits per heavy atom. The van der Waals surface area contributed by atoms with Crippen LogP contribution in [0.15, 0.2) is 18.2 Å². The average Bonchev–Trinajstić information content (AvgIpc) is 2.27. The van der Waals surface area contributed by atoms with E-state index in [1.54, 1.807) is 18.2 Å². The van der Waals surface area contributed by atoms with Gasteiger partial charge in [-0.25, -0.2) is 0 Å². The van der Waals surface area contributed by atoms with Crippen molar-refractivity contribution in [1.29, 1.82) is 0 Å². The number of phenolic OH excluding ortho intramolecular Hbond substituents is 1. The minimum atomic E-state index is -0.549. The minimum absolute atomic E-state index is 0.108. The molecule has 0 heterocycles. The van der Waals surface area contributed by atoms with Gasteiger partial charge >= 0.3 is 0 Å². The third-order valence-electron chi connectivity index (χ3n) is 2.16. The molecule has 4 heteroatoms. The molecule has 0 aliphatic carbocycles. The number of benzene rings is 1. The molecule has 0 spiro atoms. The van der Waals surface area contributed by atoms with Gasteiger partial charge < -0.3 is 20.7 Å². The van der Waals surface area contributed by atoms with E-state index in [4.69, 9.17) is 15.6 Å². The SMILES string of the molecule is CCOCc1ccc(O)c(C(N)CO)c1. The van der Waals surface area contributed by atoms with Crippen molar-refractivity contribution in [2.75, 3.05) is 13.2 Å². The summed E-state index contributed by atoms with van der Waals surface area (Å²) in [6.07, 6.45) is 0. The lowest BCUT2D eigenvalue weighted by atomic mass is 10.0. The molecule has 0 aromatic heterocycles. The zero-order chi connectivity index (χ0) is 11.3. The van der Waals surface area contributed by atoms with Gasteiger partial charge in [-0.1, -0.05) is 6.07 Å². The summed E-state index contributed by atoms with van der Waals surface area (Å²) in [5.74, 6) is 0.108. The van der Waals surface area contributed by atoms with Gasteiger partial charge in [-0.15, -0.1) is 0 Å². The normalized spacial score (nSPS) is 12.7. The summed E-state index contributed by atoms with van der Waals surface area (Å²) < 4.78 is 5.24. The fourth-order valence-electron chi connectivity index (χ4n) is 1.31. The van der Waals surface area contributed by atoms with Crippen molar-refractivity contribution in [3.63, 3.8) is 0 Å². The molecular weight excluding hydrogens is 194 g/mol. The molecule has 0 saturated heterocycles. The zero-order valence-corrected chi connectivity index (χ0v) is 8.81. The highest BCUT2D eigenvalue weighted by Crippen LogP contribution is 2.23. The Morgan fingerprint density at radius 3 is 2.80 bits per heavy atom. The van der Waals surface area contributed by atoms with Crippen LogP contribution in [0.2, 0.25) is 0 Å². The van der Waals surface area contributed by atoms with Crippen molar-refractivity contribution in [3.05, 3.63) is 29.3 Å². The predicted octanol–water partition coefficient (Wildman–Crippen LogP) is 0.921. The number of phenols is 1. The number of hydrogen-bond acceptors (Lipinski definition) is 4. The number of rotatable bonds is 5. The maximum Gasteiger partial charge on any atom is 0.120 e. The van der Waals surface area contributed by atoms with Gasteiger partial charge in [0.2, 0.25) is 0 Å². The summed E-state index contributed by atoms with van der Waals surface area (Å²) in [5.41, 5.74) is 7.13. The topological polar surface area (TPSA) is 75.7 Å². The Hall–Kier alpha value is -1.10. The van der Waals surface area contributed by atoms with Crippen molar-refractivity contribution in [3.8, 4) is 5.75 Å². The van der Waals surface area contributed by atoms with Gasteiger partial charge in [0.05, 0.1) is 19.3 Å². The summed E-state index contributed by atoms with van der Waals surface area (Å²) in [6.45, 7) is 2.86. The maximum absolute atomic E-state index is 9.53. The molecule has 0 bridgehead atoms. The van der Waals surface area contributed by atoms with Gasteiger partial charge in [0, 0.05) is 12.2 Å². The predicted molar refractivity (Wildman–Crippen MR) is 57.5 cm³/mol. The third-order valence-corrected chi connectivity index (χ3v) is 2.16. The lowest BCUT2D eigenvalue weighted by Gasteiger charge is -2.12. The van der Waals surface area contributed by atoms with Crippen LogP contribution < -0.4 is 5.73 Å². The van der Waals surface area contributed by atoms with Crippen LogP contribution in [0.25, 0.3) is 0 Å². The van der Waals surface area contributed by atoms with Crippen LogP contribution >= 0.6 is 0 Å². The van der Waals surface area contributed by atoms with Crippen LogP contribution in [0.1, 0.15) is 24.1 Å². The van der Waals surface area contributed by atoms with E-state index in [0.717, 1.165) is 5.56 Å². The van der Waals surface area contributed by atoms with Gasteiger partial charge in [0.25, 0.3) is 0 Å². The highest BCUT2D eigenvalue weighted by Gasteiger charge is 2.10. The first-order valence-corrected chi connectivity index (χ1v) is 4.95. The molecule has 1 atom stereocenters. The second-order valence-electron chi connectivity index (χ2n) is 3.32. The molecule has 1 unspecified atom stereocenters.